The number of nitrogens with one attached hydrogen (secondary N) is 1. The van der Waals surface area contributed by atoms with Gasteiger partial charge in [-0.05, 0) is 43.2 Å². The van der Waals surface area contributed by atoms with Crippen molar-refractivity contribution in [3.8, 4) is 0 Å². The molecule has 20 heavy (non-hydrogen) atoms. The smallest absolute Gasteiger partial charge is 0.288 e. The van der Waals surface area contributed by atoms with Crippen LogP contribution in [-0.4, -0.2) is 11.0 Å². The van der Waals surface area contributed by atoms with Gasteiger partial charge in [0.15, 0.2) is 0 Å². The SMILES string of the molecule is Cc1cc([N+](=O)[O-])c(Cl)cc1NC1C(C)CCCC1C. The molecule has 1 saturated carbocycles. The number of halogens is 1. The van der Waals surface area contributed by atoms with Crippen LogP contribution in [0.2, 0.25) is 5.02 Å². The third-order valence-corrected chi connectivity index (χ3v) is 4.66. The molecule has 1 fully saturated rings. The van der Waals surface area contributed by atoms with Crippen molar-refractivity contribution < 1.29 is 4.92 Å². The van der Waals surface area contributed by atoms with E-state index in [1.807, 2.05) is 6.92 Å². The molecule has 0 bridgehead atoms. The third kappa shape index (κ3) is 3.06. The van der Waals surface area contributed by atoms with Crippen LogP contribution in [0.15, 0.2) is 12.1 Å². The van der Waals surface area contributed by atoms with Gasteiger partial charge in [0, 0.05) is 17.8 Å². The van der Waals surface area contributed by atoms with Crippen LogP contribution in [0, 0.1) is 28.9 Å². The largest absolute Gasteiger partial charge is 0.382 e. The molecule has 0 amide bonds. The maximum absolute atomic E-state index is 10.9. The second kappa shape index (κ2) is 6.00. The van der Waals surface area contributed by atoms with Crippen LogP contribution in [-0.2, 0) is 0 Å². The second-order valence-electron chi connectivity index (χ2n) is 5.93. The molecule has 1 aliphatic carbocycles. The van der Waals surface area contributed by atoms with Crippen LogP contribution in [0.4, 0.5) is 11.4 Å². The van der Waals surface area contributed by atoms with Crippen LogP contribution >= 0.6 is 11.6 Å². The van der Waals surface area contributed by atoms with Gasteiger partial charge in [-0.25, -0.2) is 0 Å². The van der Waals surface area contributed by atoms with Crippen molar-refractivity contribution in [2.45, 2.75) is 46.1 Å². The van der Waals surface area contributed by atoms with Crippen molar-refractivity contribution in [1.29, 1.82) is 0 Å². The summed E-state index contributed by atoms with van der Waals surface area (Å²) in [6.45, 7) is 6.40. The molecule has 0 aliphatic heterocycles. The lowest BCUT2D eigenvalue weighted by atomic mass is 9.78. The summed E-state index contributed by atoms with van der Waals surface area (Å²) in [6.07, 6.45) is 3.73. The van der Waals surface area contributed by atoms with Crippen LogP contribution in [0.5, 0.6) is 0 Å². The van der Waals surface area contributed by atoms with E-state index in [2.05, 4.69) is 19.2 Å². The normalized spacial score (nSPS) is 26.3. The first-order valence-electron chi connectivity index (χ1n) is 7.11. The van der Waals surface area contributed by atoms with Gasteiger partial charge in [0.1, 0.15) is 5.02 Å². The Balaban J connectivity index is 2.25. The zero-order valence-corrected chi connectivity index (χ0v) is 12.9. The minimum Gasteiger partial charge on any atom is -0.382 e. The van der Waals surface area contributed by atoms with Gasteiger partial charge in [-0.1, -0.05) is 31.9 Å². The molecular formula is C15H21ClN2O2. The predicted octanol–water partition coefficient (Wildman–Crippen LogP) is 4.79. The Morgan fingerprint density at radius 1 is 1.30 bits per heavy atom. The Labute approximate surface area is 124 Å². The van der Waals surface area contributed by atoms with Gasteiger partial charge in [-0.2, -0.15) is 0 Å². The van der Waals surface area contributed by atoms with Gasteiger partial charge in [0.05, 0.1) is 4.92 Å². The topological polar surface area (TPSA) is 55.2 Å². The summed E-state index contributed by atoms with van der Waals surface area (Å²) in [5.41, 5.74) is 1.75. The molecule has 2 rings (SSSR count). The first kappa shape index (κ1) is 15.1. The Bertz CT molecular complexity index is 509. The summed E-state index contributed by atoms with van der Waals surface area (Å²) < 4.78 is 0. The Kier molecular flexibility index (Phi) is 4.53. The van der Waals surface area contributed by atoms with E-state index in [4.69, 9.17) is 11.6 Å². The van der Waals surface area contributed by atoms with E-state index in [0.717, 1.165) is 11.3 Å². The summed E-state index contributed by atoms with van der Waals surface area (Å²) in [5.74, 6) is 1.21. The van der Waals surface area contributed by atoms with E-state index in [1.54, 1.807) is 12.1 Å². The highest BCUT2D eigenvalue weighted by atomic mass is 35.5. The lowest BCUT2D eigenvalue weighted by Crippen LogP contribution is -2.37. The highest BCUT2D eigenvalue weighted by Gasteiger charge is 2.28. The molecule has 0 radical (unpaired) electrons. The molecular weight excluding hydrogens is 276 g/mol. The fourth-order valence-corrected chi connectivity index (χ4v) is 3.34. The van der Waals surface area contributed by atoms with Crippen molar-refractivity contribution >= 4 is 23.0 Å². The van der Waals surface area contributed by atoms with Gasteiger partial charge in [0.2, 0.25) is 0 Å². The van der Waals surface area contributed by atoms with Crippen molar-refractivity contribution in [2.75, 3.05) is 5.32 Å². The molecule has 5 heteroatoms. The zero-order chi connectivity index (χ0) is 14.9. The Hall–Kier alpha value is -1.29. The van der Waals surface area contributed by atoms with Gasteiger partial charge >= 0.3 is 0 Å². The summed E-state index contributed by atoms with van der Waals surface area (Å²) >= 11 is 6.01. The standard InChI is InChI=1S/C15H21ClN2O2/c1-9-5-4-6-10(2)15(9)17-13-8-12(16)14(18(19)20)7-11(13)3/h7-10,15,17H,4-6H2,1-3H3. The quantitative estimate of drug-likeness (QED) is 0.644. The van der Waals surface area contributed by atoms with Gasteiger partial charge in [0.25, 0.3) is 5.69 Å². The minimum atomic E-state index is -0.440. The van der Waals surface area contributed by atoms with Crippen molar-refractivity contribution in [2.24, 2.45) is 11.8 Å². The molecule has 110 valence electrons. The summed E-state index contributed by atoms with van der Waals surface area (Å²) in [7, 11) is 0. The number of nitrogens with zero attached hydrogens (tertiary/aromatic N) is 1. The Morgan fingerprint density at radius 2 is 1.90 bits per heavy atom. The van der Waals surface area contributed by atoms with E-state index in [1.165, 1.54) is 19.3 Å². The second-order valence-corrected chi connectivity index (χ2v) is 6.34. The number of aryl methyl sites for hydroxylation is 1. The number of nitro benzene ring substituents is 1. The fourth-order valence-electron chi connectivity index (χ4n) is 3.11. The van der Waals surface area contributed by atoms with Crippen LogP contribution in [0.3, 0.4) is 0 Å². The van der Waals surface area contributed by atoms with Gasteiger partial charge in [-0.3, -0.25) is 10.1 Å². The van der Waals surface area contributed by atoms with Gasteiger partial charge < -0.3 is 5.32 Å². The lowest BCUT2D eigenvalue weighted by Gasteiger charge is -2.36. The first-order chi connectivity index (χ1) is 9.40. The van der Waals surface area contributed by atoms with E-state index in [-0.39, 0.29) is 10.7 Å². The van der Waals surface area contributed by atoms with Gasteiger partial charge in [-0.15, -0.1) is 0 Å². The highest BCUT2D eigenvalue weighted by Crippen LogP contribution is 2.35. The van der Waals surface area contributed by atoms with Crippen molar-refractivity contribution in [1.82, 2.24) is 0 Å². The minimum absolute atomic E-state index is 0.0283. The summed E-state index contributed by atoms with van der Waals surface area (Å²) in [5, 5.41) is 14.6. The average Bonchev–Trinajstić information content (AvgIpc) is 2.37. The van der Waals surface area contributed by atoms with Crippen molar-refractivity contribution in [3.63, 3.8) is 0 Å². The molecule has 0 spiro atoms. The van der Waals surface area contributed by atoms with E-state index in [0.29, 0.717) is 17.9 Å². The maximum Gasteiger partial charge on any atom is 0.288 e. The average molecular weight is 297 g/mol. The molecule has 1 aromatic carbocycles. The summed E-state index contributed by atoms with van der Waals surface area (Å²) in [6, 6.07) is 3.63. The number of nitro groups is 1. The predicted molar refractivity (Wildman–Crippen MR) is 82.4 cm³/mol. The molecule has 0 heterocycles. The monoisotopic (exact) mass is 296 g/mol. The van der Waals surface area contributed by atoms with E-state index < -0.39 is 4.92 Å². The molecule has 2 atom stereocenters. The first-order valence-corrected chi connectivity index (χ1v) is 7.49. The lowest BCUT2D eigenvalue weighted by molar-refractivity contribution is -0.384. The van der Waals surface area contributed by atoms with Crippen LogP contribution in [0.25, 0.3) is 0 Å². The molecule has 1 aliphatic rings. The molecule has 1 N–H and O–H groups in total. The van der Waals surface area contributed by atoms with Crippen LogP contribution < -0.4 is 5.32 Å². The molecule has 1 aromatic rings. The van der Waals surface area contributed by atoms with E-state index in [9.17, 15) is 10.1 Å². The number of benzene rings is 1. The molecule has 2 unspecified atom stereocenters. The fraction of sp³-hybridized carbons (Fsp3) is 0.600. The Morgan fingerprint density at radius 3 is 2.45 bits per heavy atom. The maximum atomic E-state index is 10.9. The van der Waals surface area contributed by atoms with Crippen LogP contribution in [0.1, 0.15) is 38.7 Å². The number of hydrogen-bond acceptors (Lipinski definition) is 3. The van der Waals surface area contributed by atoms with E-state index >= 15 is 0 Å². The number of hydrogen-bond donors (Lipinski definition) is 1. The summed E-state index contributed by atoms with van der Waals surface area (Å²) in [4.78, 5) is 10.4. The molecule has 0 saturated heterocycles. The number of rotatable bonds is 3. The zero-order valence-electron chi connectivity index (χ0n) is 12.1. The molecule has 0 aromatic heterocycles. The third-order valence-electron chi connectivity index (χ3n) is 4.36. The van der Waals surface area contributed by atoms with Crippen molar-refractivity contribution in [3.05, 3.63) is 32.8 Å². The number of anilines is 1. The molecule has 4 nitrogen and oxygen atoms in total. The highest BCUT2D eigenvalue weighted by molar-refractivity contribution is 6.33.